The number of anilines is 1. The first-order valence-corrected chi connectivity index (χ1v) is 12.2. The van der Waals surface area contributed by atoms with Gasteiger partial charge in [0.1, 0.15) is 5.00 Å². The van der Waals surface area contributed by atoms with E-state index < -0.39 is 5.97 Å². The number of nitrogens with one attached hydrogen (secondary N) is 1. The fourth-order valence-electron chi connectivity index (χ4n) is 2.93. The van der Waals surface area contributed by atoms with Crippen LogP contribution < -0.4 is 5.32 Å². The number of rotatable bonds is 8. The number of thioether (sulfide) groups is 1. The van der Waals surface area contributed by atoms with Gasteiger partial charge < -0.3 is 14.6 Å². The second kappa shape index (κ2) is 9.76. The second-order valence-electron chi connectivity index (χ2n) is 6.52. The smallest absolute Gasteiger partial charge is 0.341 e. The Hall–Kier alpha value is -2.17. The van der Waals surface area contributed by atoms with E-state index in [1.807, 2.05) is 25.3 Å². The summed E-state index contributed by atoms with van der Waals surface area (Å²) in [5.41, 5.74) is 2.30. The Bertz CT molecular complexity index is 1070. The van der Waals surface area contributed by atoms with Crippen molar-refractivity contribution in [2.45, 2.75) is 45.8 Å². The molecule has 0 fully saturated rings. The van der Waals surface area contributed by atoms with Crippen molar-refractivity contribution < 1.29 is 14.3 Å². The van der Waals surface area contributed by atoms with Gasteiger partial charge >= 0.3 is 5.97 Å². The van der Waals surface area contributed by atoms with Gasteiger partial charge in [-0.25, -0.2) is 4.79 Å². The Labute approximate surface area is 187 Å². The van der Waals surface area contributed by atoms with E-state index in [2.05, 4.69) is 33.9 Å². The highest BCUT2D eigenvalue weighted by Gasteiger charge is 2.22. The minimum atomic E-state index is -0.447. The molecule has 0 saturated carbocycles. The zero-order valence-corrected chi connectivity index (χ0v) is 20.0. The number of amides is 1. The molecule has 1 N–H and O–H groups in total. The number of methoxy groups -OCH3 is 1. The first-order valence-electron chi connectivity index (χ1n) is 9.51. The third-order valence-corrected chi connectivity index (χ3v) is 7.82. The lowest BCUT2D eigenvalue weighted by atomic mass is 10.1. The number of aryl methyl sites for hydroxylation is 2. The van der Waals surface area contributed by atoms with Crippen molar-refractivity contribution in [3.05, 3.63) is 32.3 Å². The molecular formula is C20H24N4O3S3. The molecule has 0 radical (unpaired) electrons. The molecular weight excluding hydrogens is 440 g/mol. The molecule has 0 aromatic carbocycles. The van der Waals surface area contributed by atoms with Gasteiger partial charge in [-0.15, -0.1) is 32.9 Å². The summed E-state index contributed by atoms with van der Waals surface area (Å²) in [5.74, 6) is 0.326. The van der Waals surface area contributed by atoms with Crippen LogP contribution in [0.25, 0.3) is 11.4 Å². The van der Waals surface area contributed by atoms with Gasteiger partial charge in [0.15, 0.2) is 11.0 Å². The van der Waals surface area contributed by atoms with Crippen molar-refractivity contribution in [3.63, 3.8) is 0 Å². The number of nitrogens with zero attached hydrogens (tertiary/aromatic N) is 3. The minimum Gasteiger partial charge on any atom is -0.465 e. The molecule has 1 amide bonds. The van der Waals surface area contributed by atoms with Crippen LogP contribution in [-0.4, -0.2) is 39.5 Å². The average Bonchev–Trinajstić information content (AvgIpc) is 3.43. The zero-order chi connectivity index (χ0) is 21.8. The molecule has 7 nitrogen and oxygen atoms in total. The maximum absolute atomic E-state index is 12.6. The van der Waals surface area contributed by atoms with Crippen LogP contribution in [-0.2, 0) is 22.5 Å². The highest BCUT2D eigenvalue weighted by atomic mass is 32.2. The normalized spacial score (nSPS) is 11.0. The summed E-state index contributed by atoms with van der Waals surface area (Å²) in [6.45, 7) is 8.63. The molecule has 3 aromatic rings. The van der Waals surface area contributed by atoms with E-state index in [0.29, 0.717) is 22.3 Å². The summed E-state index contributed by atoms with van der Waals surface area (Å²) < 4.78 is 6.87. The van der Waals surface area contributed by atoms with Crippen LogP contribution in [0.4, 0.5) is 5.00 Å². The largest absolute Gasteiger partial charge is 0.465 e. The van der Waals surface area contributed by atoms with E-state index in [1.165, 1.54) is 35.1 Å². The van der Waals surface area contributed by atoms with E-state index in [1.54, 1.807) is 11.3 Å². The lowest BCUT2D eigenvalue weighted by Gasteiger charge is -2.07. The quantitative estimate of drug-likeness (QED) is 0.381. The molecule has 10 heteroatoms. The number of aromatic nitrogens is 3. The first-order chi connectivity index (χ1) is 14.4. The number of carbonyl (C=O) groups is 2. The maximum Gasteiger partial charge on any atom is 0.341 e. The number of hydrogen-bond donors (Lipinski definition) is 1. The average molecular weight is 465 g/mol. The third-order valence-electron chi connectivity index (χ3n) is 4.65. The Morgan fingerprint density at radius 3 is 2.67 bits per heavy atom. The van der Waals surface area contributed by atoms with Gasteiger partial charge in [-0.3, -0.25) is 4.79 Å². The molecule has 0 atom stereocenters. The fraction of sp³-hybridized carbons (Fsp3) is 0.400. The van der Waals surface area contributed by atoms with E-state index in [9.17, 15) is 9.59 Å². The number of thiophene rings is 2. The van der Waals surface area contributed by atoms with Crippen molar-refractivity contribution in [2.24, 2.45) is 0 Å². The summed E-state index contributed by atoms with van der Waals surface area (Å²) in [7, 11) is 1.34. The van der Waals surface area contributed by atoms with Gasteiger partial charge in [0.25, 0.3) is 0 Å². The second-order valence-corrected chi connectivity index (χ2v) is 9.68. The number of esters is 1. The maximum atomic E-state index is 12.6. The van der Waals surface area contributed by atoms with E-state index in [4.69, 9.17) is 4.74 Å². The molecule has 30 heavy (non-hydrogen) atoms. The third kappa shape index (κ3) is 4.60. The van der Waals surface area contributed by atoms with Gasteiger partial charge in [-0.1, -0.05) is 18.7 Å². The fourth-order valence-corrected chi connectivity index (χ4v) is 5.61. The Morgan fingerprint density at radius 1 is 1.27 bits per heavy atom. The molecule has 0 bridgehead atoms. The number of ether oxygens (including phenoxy) is 1. The van der Waals surface area contributed by atoms with Crippen LogP contribution >= 0.6 is 34.4 Å². The summed E-state index contributed by atoms with van der Waals surface area (Å²) in [5, 5.41) is 14.8. The van der Waals surface area contributed by atoms with Crippen LogP contribution in [0.5, 0.6) is 0 Å². The Morgan fingerprint density at radius 2 is 2.03 bits per heavy atom. The summed E-state index contributed by atoms with van der Waals surface area (Å²) in [6.07, 6.45) is 0.988. The van der Waals surface area contributed by atoms with Crippen molar-refractivity contribution in [2.75, 3.05) is 18.2 Å². The van der Waals surface area contributed by atoms with E-state index in [0.717, 1.165) is 28.2 Å². The van der Waals surface area contributed by atoms with Crippen molar-refractivity contribution in [1.82, 2.24) is 14.8 Å². The summed E-state index contributed by atoms with van der Waals surface area (Å²) in [4.78, 5) is 26.9. The highest BCUT2D eigenvalue weighted by Crippen LogP contribution is 2.33. The van der Waals surface area contributed by atoms with E-state index in [-0.39, 0.29) is 11.7 Å². The lowest BCUT2D eigenvalue weighted by molar-refractivity contribution is -0.113. The van der Waals surface area contributed by atoms with Crippen molar-refractivity contribution in [1.29, 1.82) is 0 Å². The van der Waals surface area contributed by atoms with Crippen molar-refractivity contribution in [3.8, 4) is 11.4 Å². The number of carbonyl (C=O) groups excluding carboxylic acids is 2. The molecule has 160 valence electrons. The highest BCUT2D eigenvalue weighted by molar-refractivity contribution is 7.99. The minimum absolute atomic E-state index is 0.165. The van der Waals surface area contributed by atoms with Gasteiger partial charge in [-0.2, -0.15) is 0 Å². The molecule has 0 unspecified atom stereocenters. The standard InChI is InChI=1S/C20H24N4O3S3/c1-6-14-8-13(9-28-14)17-22-23-20(24(17)7-2)29-10-15(25)21-18-16(19(26)27-5)11(3)12(4)30-18/h8-9H,6-7,10H2,1-5H3,(H,21,25). The molecule has 0 aliphatic heterocycles. The van der Waals surface area contributed by atoms with Crippen LogP contribution in [0.15, 0.2) is 16.6 Å². The SMILES string of the molecule is CCc1cc(-c2nnc(SCC(=O)Nc3sc(C)c(C)c3C(=O)OC)n2CC)cs1. The monoisotopic (exact) mass is 464 g/mol. The molecule has 0 spiro atoms. The Kier molecular flexibility index (Phi) is 7.32. The van der Waals surface area contributed by atoms with Crippen LogP contribution in [0.2, 0.25) is 0 Å². The lowest BCUT2D eigenvalue weighted by Crippen LogP contribution is -2.16. The predicted molar refractivity (Wildman–Crippen MR) is 123 cm³/mol. The van der Waals surface area contributed by atoms with Crippen LogP contribution in [0.1, 0.15) is 39.5 Å². The first kappa shape index (κ1) is 22.5. The summed E-state index contributed by atoms with van der Waals surface area (Å²) >= 11 is 4.41. The molecule has 0 aliphatic carbocycles. The molecule has 3 heterocycles. The Balaban J connectivity index is 1.71. The molecule has 0 aliphatic rings. The predicted octanol–water partition coefficient (Wildman–Crippen LogP) is 4.78. The molecule has 3 aromatic heterocycles. The van der Waals surface area contributed by atoms with Gasteiger partial charge in [0, 0.05) is 27.2 Å². The van der Waals surface area contributed by atoms with Crippen molar-refractivity contribution >= 4 is 51.3 Å². The number of hydrogen-bond acceptors (Lipinski definition) is 8. The van der Waals surface area contributed by atoms with Gasteiger partial charge in [0.05, 0.1) is 18.4 Å². The topological polar surface area (TPSA) is 86.1 Å². The molecule has 3 rings (SSSR count). The zero-order valence-electron chi connectivity index (χ0n) is 17.6. The van der Waals surface area contributed by atoms with Crippen LogP contribution in [0.3, 0.4) is 0 Å². The molecule has 0 saturated heterocycles. The summed E-state index contributed by atoms with van der Waals surface area (Å²) in [6, 6.07) is 2.14. The van der Waals surface area contributed by atoms with Crippen LogP contribution in [0, 0.1) is 13.8 Å². The van der Waals surface area contributed by atoms with Gasteiger partial charge in [-0.05, 0) is 38.8 Å². The van der Waals surface area contributed by atoms with E-state index >= 15 is 0 Å². The van der Waals surface area contributed by atoms with Gasteiger partial charge in [0.2, 0.25) is 5.91 Å².